The van der Waals surface area contributed by atoms with Gasteiger partial charge in [-0.25, -0.2) is 4.79 Å². The predicted molar refractivity (Wildman–Crippen MR) is 93.1 cm³/mol. The fourth-order valence-corrected chi connectivity index (χ4v) is 2.05. The van der Waals surface area contributed by atoms with Gasteiger partial charge in [-0.15, -0.1) is 0 Å². The van der Waals surface area contributed by atoms with Crippen LogP contribution in [0.3, 0.4) is 0 Å². The van der Waals surface area contributed by atoms with Gasteiger partial charge in [-0.1, -0.05) is 12.1 Å². The highest BCUT2D eigenvalue weighted by molar-refractivity contribution is 5.85. The van der Waals surface area contributed by atoms with Crippen LogP contribution in [0, 0.1) is 0 Å². The van der Waals surface area contributed by atoms with Gasteiger partial charge in [0, 0.05) is 13.5 Å². The van der Waals surface area contributed by atoms with Crippen molar-refractivity contribution in [3.63, 3.8) is 0 Å². The smallest absolute Gasteiger partial charge is 0.408 e. The molecule has 0 aliphatic rings. The number of ether oxygens (including phenoxy) is 2. The maximum absolute atomic E-state index is 12.0. The van der Waals surface area contributed by atoms with E-state index < -0.39 is 17.7 Å². The standard InChI is InChI=1S/C18H28N2O4/c1-12(2)23-14-9-7-13(8-10-14)11-15(16(21)19-6)20-17(22)24-18(3,4)5/h7-10,12,15H,11H2,1-6H3,(H,19,21)(H,20,22)/t15-/m0/s1. The molecule has 0 saturated heterocycles. The highest BCUT2D eigenvalue weighted by Crippen LogP contribution is 2.15. The molecule has 1 atom stereocenters. The first-order chi connectivity index (χ1) is 11.1. The molecule has 0 radical (unpaired) electrons. The molecule has 134 valence electrons. The summed E-state index contributed by atoms with van der Waals surface area (Å²) < 4.78 is 10.8. The summed E-state index contributed by atoms with van der Waals surface area (Å²) in [7, 11) is 1.53. The number of likely N-dealkylation sites (N-methyl/N-ethyl adjacent to an activating group) is 1. The van der Waals surface area contributed by atoms with Crippen molar-refractivity contribution in [2.24, 2.45) is 0 Å². The van der Waals surface area contributed by atoms with Crippen molar-refractivity contribution in [1.82, 2.24) is 10.6 Å². The van der Waals surface area contributed by atoms with E-state index in [4.69, 9.17) is 9.47 Å². The van der Waals surface area contributed by atoms with Crippen molar-refractivity contribution in [1.29, 1.82) is 0 Å². The second-order valence-corrected chi connectivity index (χ2v) is 6.83. The SMILES string of the molecule is CNC(=O)[C@H](Cc1ccc(OC(C)C)cc1)NC(=O)OC(C)(C)C. The highest BCUT2D eigenvalue weighted by atomic mass is 16.6. The molecule has 0 aliphatic carbocycles. The van der Waals surface area contributed by atoms with E-state index in [2.05, 4.69) is 10.6 Å². The Kier molecular flexibility index (Phi) is 7.07. The van der Waals surface area contributed by atoms with Crippen LogP contribution in [-0.2, 0) is 16.0 Å². The zero-order valence-corrected chi connectivity index (χ0v) is 15.3. The van der Waals surface area contributed by atoms with Crippen LogP contribution in [0.15, 0.2) is 24.3 Å². The molecule has 6 nitrogen and oxygen atoms in total. The van der Waals surface area contributed by atoms with Crippen molar-refractivity contribution >= 4 is 12.0 Å². The Labute approximate surface area is 143 Å². The lowest BCUT2D eigenvalue weighted by molar-refractivity contribution is -0.122. The fraction of sp³-hybridized carbons (Fsp3) is 0.556. The molecule has 0 heterocycles. The number of rotatable bonds is 6. The number of amides is 2. The first kappa shape index (κ1) is 19.8. The van der Waals surface area contributed by atoms with E-state index in [0.717, 1.165) is 11.3 Å². The zero-order valence-electron chi connectivity index (χ0n) is 15.3. The van der Waals surface area contributed by atoms with Crippen LogP contribution in [0.25, 0.3) is 0 Å². The minimum atomic E-state index is -0.707. The first-order valence-corrected chi connectivity index (χ1v) is 8.07. The van der Waals surface area contributed by atoms with Crippen LogP contribution in [0.2, 0.25) is 0 Å². The third kappa shape index (κ3) is 7.35. The molecular weight excluding hydrogens is 308 g/mol. The van der Waals surface area contributed by atoms with E-state index in [9.17, 15) is 9.59 Å². The van der Waals surface area contributed by atoms with E-state index in [1.165, 1.54) is 7.05 Å². The lowest BCUT2D eigenvalue weighted by Crippen LogP contribution is -2.48. The molecule has 0 saturated carbocycles. The monoisotopic (exact) mass is 336 g/mol. The minimum absolute atomic E-state index is 0.100. The predicted octanol–water partition coefficient (Wildman–Crippen LogP) is 2.66. The van der Waals surface area contributed by atoms with Crippen LogP contribution in [0.5, 0.6) is 5.75 Å². The molecule has 0 unspecified atom stereocenters. The van der Waals surface area contributed by atoms with Crippen molar-refractivity contribution in [3.05, 3.63) is 29.8 Å². The Morgan fingerprint density at radius 1 is 1.12 bits per heavy atom. The Morgan fingerprint density at radius 2 is 1.71 bits per heavy atom. The summed E-state index contributed by atoms with van der Waals surface area (Å²) in [5, 5.41) is 5.17. The van der Waals surface area contributed by atoms with Crippen molar-refractivity contribution in [2.45, 2.75) is 58.8 Å². The summed E-state index contributed by atoms with van der Waals surface area (Å²) >= 11 is 0. The third-order valence-corrected chi connectivity index (χ3v) is 2.99. The zero-order chi connectivity index (χ0) is 18.3. The fourth-order valence-electron chi connectivity index (χ4n) is 2.05. The number of hydrogen-bond donors (Lipinski definition) is 2. The second kappa shape index (κ2) is 8.57. The minimum Gasteiger partial charge on any atom is -0.491 e. The molecule has 0 bridgehead atoms. The van der Waals surface area contributed by atoms with Crippen LogP contribution in [0.1, 0.15) is 40.2 Å². The average molecular weight is 336 g/mol. The third-order valence-electron chi connectivity index (χ3n) is 2.99. The molecule has 2 amide bonds. The molecule has 1 rings (SSSR count). The van der Waals surface area contributed by atoms with Crippen molar-refractivity contribution < 1.29 is 19.1 Å². The van der Waals surface area contributed by atoms with Crippen LogP contribution < -0.4 is 15.4 Å². The van der Waals surface area contributed by atoms with Crippen LogP contribution >= 0.6 is 0 Å². The van der Waals surface area contributed by atoms with Gasteiger partial charge in [-0.05, 0) is 52.3 Å². The van der Waals surface area contributed by atoms with Gasteiger partial charge in [0.15, 0.2) is 0 Å². The van der Waals surface area contributed by atoms with Gasteiger partial charge in [-0.3, -0.25) is 4.79 Å². The molecule has 0 aromatic heterocycles. The molecule has 1 aromatic rings. The lowest BCUT2D eigenvalue weighted by Gasteiger charge is -2.23. The lowest BCUT2D eigenvalue weighted by atomic mass is 10.1. The van der Waals surface area contributed by atoms with Crippen molar-refractivity contribution in [3.8, 4) is 5.75 Å². The van der Waals surface area contributed by atoms with Gasteiger partial charge in [0.2, 0.25) is 5.91 Å². The molecule has 0 fully saturated rings. The van der Waals surface area contributed by atoms with E-state index in [-0.39, 0.29) is 12.0 Å². The Hall–Kier alpha value is -2.24. The normalized spacial score (nSPS) is 12.5. The summed E-state index contributed by atoms with van der Waals surface area (Å²) in [5.74, 6) is 0.494. The summed E-state index contributed by atoms with van der Waals surface area (Å²) in [4.78, 5) is 23.9. The largest absolute Gasteiger partial charge is 0.491 e. The Morgan fingerprint density at radius 3 is 2.17 bits per heavy atom. The summed E-state index contributed by atoms with van der Waals surface area (Å²) in [5.41, 5.74) is 0.295. The quantitative estimate of drug-likeness (QED) is 0.837. The van der Waals surface area contributed by atoms with Gasteiger partial charge in [0.25, 0.3) is 0 Å². The number of nitrogens with one attached hydrogen (secondary N) is 2. The molecule has 0 spiro atoms. The number of alkyl carbamates (subject to hydrolysis) is 1. The Balaban J connectivity index is 2.75. The van der Waals surface area contributed by atoms with Gasteiger partial charge >= 0.3 is 6.09 Å². The summed E-state index contributed by atoms with van der Waals surface area (Å²) in [6.45, 7) is 9.24. The van der Waals surface area contributed by atoms with Gasteiger partial charge in [-0.2, -0.15) is 0 Å². The van der Waals surface area contributed by atoms with Gasteiger partial charge in [0.1, 0.15) is 17.4 Å². The number of carbonyl (C=O) groups is 2. The topological polar surface area (TPSA) is 76.7 Å². The number of carbonyl (C=O) groups excluding carboxylic acids is 2. The first-order valence-electron chi connectivity index (χ1n) is 8.07. The van der Waals surface area contributed by atoms with Gasteiger partial charge < -0.3 is 20.1 Å². The highest BCUT2D eigenvalue weighted by Gasteiger charge is 2.24. The van der Waals surface area contributed by atoms with E-state index in [1.807, 2.05) is 38.1 Å². The van der Waals surface area contributed by atoms with E-state index >= 15 is 0 Å². The summed E-state index contributed by atoms with van der Waals surface area (Å²) in [6, 6.07) is 6.75. The van der Waals surface area contributed by atoms with Crippen LogP contribution in [-0.4, -0.2) is 36.8 Å². The van der Waals surface area contributed by atoms with E-state index in [0.29, 0.717) is 6.42 Å². The second-order valence-electron chi connectivity index (χ2n) is 6.83. The molecule has 1 aromatic carbocycles. The van der Waals surface area contributed by atoms with Crippen molar-refractivity contribution in [2.75, 3.05) is 7.05 Å². The molecule has 6 heteroatoms. The molecule has 24 heavy (non-hydrogen) atoms. The van der Waals surface area contributed by atoms with E-state index in [1.54, 1.807) is 20.8 Å². The number of hydrogen-bond acceptors (Lipinski definition) is 4. The van der Waals surface area contributed by atoms with Gasteiger partial charge in [0.05, 0.1) is 6.10 Å². The molecular formula is C18H28N2O4. The maximum Gasteiger partial charge on any atom is 0.408 e. The maximum atomic E-state index is 12.0. The molecule has 2 N–H and O–H groups in total. The summed E-state index contributed by atoms with van der Waals surface area (Å²) in [6.07, 6.45) is -0.153. The Bertz CT molecular complexity index is 547. The number of benzene rings is 1. The average Bonchev–Trinajstić information content (AvgIpc) is 2.45. The molecule has 0 aliphatic heterocycles. The van der Waals surface area contributed by atoms with Crippen LogP contribution in [0.4, 0.5) is 4.79 Å².